The number of hydrogen-bond acceptors (Lipinski definition) is 6. The van der Waals surface area contributed by atoms with Gasteiger partial charge >= 0.3 is 23.9 Å². The first kappa shape index (κ1) is 18.3. The van der Waals surface area contributed by atoms with Gasteiger partial charge in [-0.25, -0.2) is 19.2 Å². The second-order valence-electron chi connectivity index (χ2n) is 8.23. The Morgan fingerprint density at radius 3 is 1.93 bits per heavy atom. The second kappa shape index (κ2) is 5.74. The lowest BCUT2D eigenvalue weighted by atomic mass is 9.74. The summed E-state index contributed by atoms with van der Waals surface area (Å²) in [4.78, 5) is 50.4. The predicted octanol–water partition coefficient (Wildman–Crippen LogP) is 4.27. The zero-order valence-corrected chi connectivity index (χ0v) is 16.4. The maximum Gasteiger partial charge on any atom is 0.346 e. The molecular weight excluding hydrogens is 360 g/mol. The van der Waals surface area contributed by atoms with Gasteiger partial charge in [-0.1, -0.05) is 34.6 Å². The molecule has 2 aromatic carbocycles. The molecule has 0 radical (unpaired) electrons. The van der Waals surface area contributed by atoms with Crippen LogP contribution in [0.15, 0.2) is 12.1 Å². The van der Waals surface area contributed by atoms with E-state index in [1.54, 1.807) is 12.1 Å². The molecule has 0 spiro atoms. The fourth-order valence-corrected chi connectivity index (χ4v) is 3.97. The van der Waals surface area contributed by atoms with Crippen molar-refractivity contribution in [3.63, 3.8) is 0 Å². The topological polar surface area (TPSA) is 86.7 Å². The van der Waals surface area contributed by atoms with Gasteiger partial charge in [0.1, 0.15) is 0 Å². The van der Waals surface area contributed by atoms with Crippen LogP contribution < -0.4 is 0 Å². The molecule has 2 aliphatic rings. The maximum absolute atomic E-state index is 12.8. The predicted molar refractivity (Wildman–Crippen MR) is 101 cm³/mol. The van der Waals surface area contributed by atoms with Gasteiger partial charge in [0.25, 0.3) is 0 Å². The van der Waals surface area contributed by atoms with E-state index in [2.05, 4.69) is 0 Å². The Morgan fingerprint density at radius 1 is 0.821 bits per heavy atom. The number of carbonyl (C=O) groups excluding carboxylic acids is 4. The third kappa shape index (κ3) is 2.27. The van der Waals surface area contributed by atoms with Crippen molar-refractivity contribution in [2.75, 3.05) is 0 Å². The molecule has 28 heavy (non-hydrogen) atoms. The Morgan fingerprint density at radius 2 is 1.36 bits per heavy atom. The molecule has 6 heteroatoms. The van der Waals surface area contributed by atoms with E-state index in [9.17, 15) is 19.2 Å². The van der Waals surface area contributed by atoms with Crippen LogP contribution in [0.4, 0.5) is 0 Å². The van der Waals surface area contributed by atoms with Crippen molar-refractivity contribution in [3.8, 4) is 0 Å². The number of esters is 4. The van der Waals surface area contributed by atoms with E-state index >= 15 is 0 Å². The van der Waals surface area contributed by atoms with Gasteiger partial charge in [-0.05, 0) is 41.0 Å². The van der Waals surface area contributed by atoms with Crippen LogP contribution in [-0.2, 0) is 14.9 Å². The van der Waals surface area contributed by atoms with Gasteiger partial charge in [0.15, 0.2) is 0 Å². The average molecular weight is 380 g/mol. The smallest absolute Gasteiger partial charge is 0.346 e. The van der Waals surface area contributed by atoms with Crippen LogP contribution in [0, 0.1) is 0 Å². The summed E-state index contributed by atoms with van der Waals surface area (Å²) in [6.07, 6.45) is 0.687. The number of rotatable bonds is 3. The molecule has 0 fully saturated rings. The molecule has 0 N–H and O–H groups in total. The van der Waals surface area contributed by atoms with E-state index in [1.807, 2.05) is 34.6 Å². The summed E-state index contributed by atoms with van der Waals surface area (Å²) in [6, 6.07) is 3.18. The molecule has 0 aliphatic carbocycles. The van der Waals surface area contributed by atoms with Crippen molar-refractivity contribution < 1.29 is 28.7 Å². The zero-order valence-electron chi connectivity index (χ0n) is 16.4. The summed E-state index contributed by atoms with van der Waals surface area (Å²) in [5.74, 6) is -3.16. The molecule has 2 heterocycles. The lowest BCUT2D eigenvalue weighted by Gasteiger charge is -2.31. The maximum atomic E-state index is 12.8. The summed E-state index contributed by atoms with van der Waals surface area (Å²) in [5, 5.41) is 0.637. The van der Waals surface area contributed by atoms with Crippen LogP contribution in [0.2, 0.25) is 0 Å². The Labute approximate surface area is 161 Å². The van der Waals surface area contributed by atoms with Crippen LogP contribution in [-0.4, -0.2) is 23.9 Å². The molecular formula is C22H20O6. The summed E-state index contributed by atoms with van der Waals surface area (Å²) in [6.45, 7) is 9.64. The second-order valence-corrected chi connectivity index (χ2v) is 8.23. The Hall–Kier alpha value is -3.02. The van der Waals surface area contributed by atoms with Crippen molar-refractivity contribution in [1.29, 1.82) is 0 Å². The van der Waals surface area contributed by atoms with Gasteiger partial charge in [0, 0.05) is 10.8 Å². The quantitative estimate of drug-likeness (QED) is 0.584. The van der Waals surface area contributed by atoms with Gasteiger partial charge in [-0.3, -0.25) is 0 Å². The van der Waals surface area contributed by atoms with Crippen molar-refractivity contribution in [2.45, 2.75) is 52.4 Å². The molecule has 0 saturated carbocycles. The number of carbonyl (C=O) groups is 4. The van der Waals surface area contributed by atoms with Crippen LogP contribution in [0.3, 0.4) is 0 Å². The van der Waals surface area contributed by atoms with Gasteiger partial charge < -0.3 is 9.47 Å². The molecule has 2 aliphatic heterocycles. The van der Waals surface area contributed by atoms with E-state index in [0.717, 1.165) is 0 Å². The van der Waals surface area contributed by atoms with E-state index in [1.165, 1.54) is 0 Å². The van der Waals surface area contributed by atoms with Crippen molar-refractivity contribution in [1.82, 2.24) is 0 Å². The highest BCUT2D eigenvalue weighted by molar-refractivity contribution is 6.30. The molecule has 0 bridgehead atoms. The first-order valence-corrected chi connectivity index (χ1v) is 9.29. The van der Waals surface area contributed by atoms with Crippen LogP contribution in [0.1, 0.15) is 99.5 Å². The zero-order chi connectivity index (χ0) is 20.5. The Balaban J connectivity index is 2.34. The molecule has 0 saturated heterocycles. The number of cyclic esters (lactones) is 4. The lowest BCUT2D eigenvalue weighted by Crippen LogP contribution is -2.31. The van der Waals surface area contributed by atoms with E-state index in [-0.39, 0.29) is 28.2 Å². The fourth-order valence-electron chi connectivity index (χ4n) is 3.97. The van der Waals surface area contributed by atoms with Crippen molar-refractivity contribution >= 4 is 34.6 Å². The van der Waals surface area contributed by atoms with E-state index in [0.29, 0.717) is 28.3 Å². The number of ether oxygens (including phenoxy) is 2. The summed E-state index contributed by atoms with van der Waals surface area (Å²) in [5.41, 5.74) is 1.63. The van der Waals surface area contributed by atoms with Crippen molar-refractivity contribution in [3.05, 3.63) is 45.5 Å². The highest BCUT2D eigenvalue weighted by Crippen LogP contribution is 2.44. The average Bonchev–Trinajstić information content (AvgIpc) is 2.62. The standard InChI is InChI=1S/C22H20O6/c1-6-22(4,5)13-8-12-14-11(18(23)27-19(12)24)7-10(9(2)3)15-17(14)16(13)21(26)28-20(15)25/h7-9H,6H2,1-5H3. The minimum Gasteiger partial charge on any atom is -0.386 e. The van der Waals surface area contributed by atoms with Gasteiger partial charge in [0.05, 0.1) is 22.3 Å². The van der Waals surface area contributed by atoms with Gasteiger partial charge in [-0.2, -0.15) is 0 Å². The molecule has 0 unspecified atom stereocenters. The van der Waals surface area contributed by atoms with Crippen LogP contribution >= 0.6 is 0 Å². The minimum atomic E-state index is -0.772. The Bertz CT molecular complexity index is 1120. The van der Waals surface area contributed by atoms with E-state index < -0.39 is 29.3 Å². The molecule has 4 rings (SSSR count). The minimum absolute atomic E-state index is 0.110. The van der Waals surface area contributed by atoms with Crippen LogP contribution in [0.25, 0.3) is 10.8 Å². The molecule has 6 nitrogen and oxygen atoms in total. The molecule has 2 aromatic rings. The summed E-state index contributed by atoms with van der Waals surface area (Å²) < 4.78 is 10.0. The normalized spacial score (nSPS) is 15.9. The third-order valence-corrected chi connectivity index (χ3v) is 5.89. The first-order valence-electron chi connectivity index (χ1n) is 9.29. The third-order valence-electron chi connectivity index (χ3n) is 5.89. The SMILES string of the molecule is CCC(C)(C)c1cc2c3c(cc(C(C)C)c4c3c1C(=O)OC4=O)C(=O)OC2=O. The summed E-state index contributed by atoms with van der Waals surface area (Å²) in [7, 11) is 0. The fraction of sp³-hybridized carbons (Fsp3) is 0.364. The van der Waals surface area contributed by atoms with Crippen LogP contribution in [0.5, 0.6) is 0 Å². The van der Waals surface area contributed by atoms with Crippen molar-refractivity contribution in [2.24, 2.45) is 0 Å². The number of hydrogen-bond donors (Lipinski definition) is 0. The molecule has 0 amide bonds. The molecule has 144 valence electrons. The monoisotopic (exact) mass is 380 g/mol. The molecule has 0 atom stereocenters. The van der Waals surface area contributed by atoms with Gasteiger partial charge in [-0.15, -0.1) is 0 Å². The Kier molecular flexibility index (Phi) is 3.76. The van der Waals surface area contributed by atoms with E-state index in [4.69, 9.17) is 9.47 Å². The first-order chi connectivity index (χ1) is 13.1. The largest absolute Gasteiger partial charge is 0.386 e. The summed E-state index contributed by atoms with van der Waals surface area (Å²) >= 11 is 0. The highest BCUT2D eigenvalue weighted by Gasteiger charge is 2.41. The number of benzene rings is 2. The van der Waals surface area contributed by atoms with Gasteiger partial charge in [0.2, 0.25) is 0 Å². The molecule has 0 aromatic heterocycles. The highest BCUT2D eigenvalue weighted by atomic mass is 16.6. The lowest BCUT2D eigenvalue weighted by molar-refractivity contribution is 0.0363.